The van der Waals surface area contributed by atoms with Crippen LogP contribution in [0.1, 0.15) is 39.2 Å². The molecule has 1 atom stereocenters. The van der Waals surface area contributed by atoms with Crippen molar-refractivity contribution in [2.45, 2.75) is 46.1 Å². The van der Waals surface area contributed by atoms with Crippen LogP contribution in [0.25, 0.3) is 0 Å². The summed E-state index contributed by atoms with van der Waals surface area (Å²) in [6, 6.07) is 5.78. The zero-order valence-electron chi connectivity index (χ0n) is 12.7. The van der Waals surface area contributed by atoms with Gasteiger partial charge in [-0.25, -0.2) is 0 Å². The van der Waals surface area contributed by atoms with Gasteiger partial charge in [-0.3, -0.25) is 0 Å². The van der Waals surface area contributed by atoms with Gasteiger partial charge in [-0.05, 0) is 42.4 Å². The van der Waals surface area contributed by atoms with Crippen molar-refractivity contribution < 1.29 is 14.6 Å². The van der Waals surface area contributed by atoms with Crippen LogP contribution in [0.15, 0.2) is 18.2 Å². The Morgan fingerprint density at radius 1 is 1.11 bits per heavy atom. The molecule has 0 heterocycles. The fraction of sp³-hybridized carbons (Fsp3) is 0.625. The Labute approximate surface area is 116 Å². The van der Waals surface area contributed by atoms with E-state index in [-0.39, 0.29) is 11.5 Å². The van der Waals surface area contributed by atoms with E-state index in [9.17, 15) is 5.11 Å². The molecule has 0 spiro atoms. The fourth-order valence-corrected chi connectivity index (χ4v) is 1.98. The maximum Gasteiger partial charge on any atom is 0.160 e. The van der Waals surface area contributed by atoms with Gasteiger partial charge in [0.2, 0.25) is 0 Å². The summed E-state index contributed by atoms with van der Waals surface area (Å²) in [6.07, 6.45) is 2.17. The van der Waals surface area contributed by atoms with Gasteiger partial charge in [-0.1, -0.05) is 26.8 Å². The highest BCUT2D eigenvalue weighted by Crippen LogP contribution is 2.29. The van der Waals surface area contributed by atoms with Crippen LogP contribution in [0.5, 0.6) is 11.5 Å². The predicted molar refractivity (Wildman–Crippen MR) is 77.9 cm³/mol. The molecule has 0 aliphatic rings. The van der Waals surface area contributed by atoms with Crippen molar-refractivity contribution in [2.75, 3.05) is 14.2 Å². The fourth-order valence-electron chi connectivity index (χ4n) is 1.98. The molecule has 0 saturated heterocycles. The molecule has 0 bridgehead atoms. The van der Waals surface area contributed by atoms with Crippen LogP contribution in [-0.4, -0.2) is 25.4 Å². The molecule has 3 nitrogen and oxygen atoms in total. The summed E-state index contributed by atoms with van der Waals surface area (Å²) in [4.78, 5) is 0. The van der Waals surface area contributed by atoms with Crippen molar-refractivity contribution >= 4 is 0 Å². The van der Waals surface area contributed by atoms with Crippen LogP contribution in [-0.2, 0) is 6.42 Å². The minimum atomic E-state index is -0.308. The zero-order chi connectivity index (χ0) is 14.5. The molecular formula is C16H26O3. The lowest BCUT2D eigenvalue weighted by Crippen LogP contribution is -2.15. The van der Waals surface area contributed by atoms with Crippen LogP contribution >= 0.6 is 0 Å². The smallest absolute Gasteiger partial charge is 0.160 e. The molecule has 108 valence electrons. The third-order valence-electron chi connectivity index (χ3n) is 3.15. The summed E-state index contributed by atoms with van der Waals surface area (Å²) in [5.74, 6) is 1.43. The van der Waals surface area contributed by atoms with Gasteiger partial charge < -0.3 is 14.6 Å². The second-order valence-corrected chi connectivity index (χ2v) is 6.15. The van der Waals surface area contributed by atoms with Crippen LogP contribution in [0, 0.1) is 5.41 Å². The molecule has 1 rings (SSSR count). The number of ether oxygens (including phenoxy) is 2. The predicted octanol–water partition coefficient (Wildman–Crippen LogP) is 3.43. The largest absolute Gasteiger partial charge is 0.493 e. The van der Waals surface area contributed by atoms with Gasteiger partial charge in [-0.2, -0.15) is 0 Å². The molecule has 0 aliphatic carbocycles. The molecule has 0 radical (unpaired) electrons. The minimum absolute atomic E-state index is 0.262. The first-order valence-electron chi connectivity index (χ1n) is 6.74. The number of hydrogen-bond acceptors (Lipinski definition) is 3. The van der Waals surface area contributed by atoms with Crippen molar-refractivity contribution in [1.29, 1.82) is 0 Å². The second kappa shape index (κ2) is 6.80. The molecule has 0 amide bonds. The molecule has 1 aromatic carbocycles. The number of aliphatic hydroxyl groups excluding tert-OH is 1. The van der Waals surface area contributed by atoms with Gasteiger partial charge in [0.05, 0.1) is 20.3 Å². The van der Waals surface area contributed by atoms with E-state index in [1.165, 1.54) is 0 Å². The monoisotopic (exact) mass is 266 g/mol. The summed E-state index contributed by atoms with van der Waals surface area (Å²) in [5, 5.41) is 10.1. The number of methoxy groups -OCH3 is 2. The van der Waals surface area contributed by atoms with Crippen LogP contribution in [0.4, 0.5) is 0 Å². The van der Waals surface area contributed by atoms with E-state index in [2.05, 4.69) is 20.8 Å². The lowest BCUT2D eigenvalue weighted by Gasteiger charge is -2.20. The molecule has 1 aromatic rings. The molecular weight excluding hydrogens is 240 g/mol. The molecule has 0 aliphatic heterocycles. The number of aliphatic hydroxyl groups is 1. The summed E-state index contributed by atoms with van der Waals surface area (Å²) >= 11 is 0. The molecule has 3 heteroatoms. The Bertz CT molecular complexity index is 393. The quantitative estimate of drug-likeness (QED) is 0.857. The first kappa shape index (κ1) is 15.8. The van der Waals surface area contributed by atoms with Crippen molar-refractivity contribution in [3.05, 3.63) is 23.8 Å². The Hall–Kier alpha value is -1.22. The van der Waals surface area contributed by atoms with Gasteiger partial charge in [-0.15, -0.1) is 0 Å². The highest BCUT2D eigenvalue weighted by molar-refractivity contribution is 5.43. The van der Waals surface area contributed by atoms with Gasteiger partial charge in [0, 0.05) is 0 Å². The van der Waals surface area contributed by atoms with E-state index >= 15 is 0 Å². The van der Waals surface area contributed by atoms with Crippen molar-refractivity contribution in [1.82, 2.24) is 0 Å². The van der Waals surface area contributed by atoms with Crippen molar-refractivity contribution in [2.24, 2.45) is 5.41 Å². The zero-order valence-corrected chi connectivity index (χ0v) is 12.7. The maximum atomic E-state index is 10.1. The topological polar surface area (TPSA) is 38.7 Å². The highest BCUT2D eigenvalue weighted by Gasteiger charge is 2.14. The van der Waals surface area contributed by atoms with Crippen molar-refractivity contribution in [3.8, 4) is 11.5 Å². The maximum absolute atomic E-state index is 10.1. The molecule has 19 heavy (non-hydrogen) atoms. The Morgan fingerprint density at radius 3 is 2.26 bits per heavy atom. The lowest BCUT2D eigenvalue weighted by atomic mass is 9.88. The van der Waals surface area contributed by atoms with Gasteiger partial charge in [0.1, 0.15) is 0 Å². The minimum Gasteiger partial charge on any atom is -0.493 e. The van der Waals surface area contributed by atoms with E-state index < -0.39 is 0 Å². The third kappa shape index (κ3) is 5.52. The van der Waals surface area contributed by atoms with E-state index in [0.717, 1.165) is 24.2 Å². The average Bonchev–Trinajstić information content (AvgIpc) is 2.35. The number of hydrogen-bond donors (Lipinski definition) is 1. The van der Waals surface area contributed by atoms with Crippen LogP contribution in [0.2, 0.25) is 0 Å². The molecule has 0 fully saturated rings. The van der Waals surface area contributed by atoms with E-state index in [1.54, 1.807) is 14.2 Å². The summed E-state index contributed by atoms with van der Waals surface area (Å²) in [7, 11) is 3.24. The molecule has 0 aromatic heterocycles. The van der Waals surface area contributed by atoms with Crippen molar-refractivity contribution in [3.63, 3.8) is 0 Å². The summed E-state index contributed by atoms with van der Waals surface area (Å²) < 4.78 is 10.5. The normalized spacial score (nSPS) is 13.2. The van der Waals surface area contributed by atoms with E-state index in [1.807, 2.05) is 18.2 Å². The Kier molecular flexibility index (Phi) is 5.67. The SMILES string of the molecule is COc1ccc(CC(O)CCC(C)(C)C)cc1OC. The van der Waals surface area contributed by atoms with Gasteiger partial charge in [0.25, 0.3) is 0 Å². The van der Waals surface area contributed by atoms with E-state index in [4.69, 9.17) is 9.47 Å². The first-order chi connectivity index (χ1) is 8.85. The van der Waals surface area contributed by atoms with Gasteiger partial charge in [0.15, 0.2) is 11.5 Å². The third-order valence-corrected chi connectivity index (χ3v) is 3.15. The Morgan fingerprint density at radius 2 is 1.74 bits per heavy atom. The molecule has 0 saturated carbocycles. The van der Waals surface area contributed by atoms with E-state index in [0.29, 0.717) is 12.2 Å². The first-order valence-corrected chi connectivity index (χ1v) is 6.74. The van der Waals surface area contributed by atoms with Crippen LogP contribution < -0.4 is 9.47 Å². The number of rotatable bonds is 6. The second-order valence-electron chi connectivity index (χ2n) is 6.15. The molecule has 1 N–H and O–H groups in total. The Balaban J connectivity index is 2.61. The van der Waals surface area contributed by atoms with Crippen LogP contribution in [0.3, 0.4) is 0 Å². The summed E-state index contributed by atoms with van der Waals surface area (Å²) in [5.41, 5.74) is 1.33. The molecule has 1 unspecified atom stereocenters. The number of benzene rings is 1. The standard InChI is InChI=1S/C16H26O3/c1-16(2,3)9-8-13(17)10-12-6-7-14(18-4)15(11-12)19-5/h6-7,11,13,17H,8-10H2,1-5H3. The average molecular weight is 266 g/mol. The van der Waals surface area contributed by atoms with Gasteiger partial charge >= 0.3 is 0 Å². The lowest BCUT2D eigenvalue weighted by molar-refractivity contribution is 0.145. The summed E-state index contributed by atoms with van der Waals surface area (Å²) in [6.45, 7) is 6.57. The highest BCUT2D eigenvalue weighted by atomic mass is 16.5.